The highest BCUT2D eigenvalue weighted by Gasteiger charge is 2.04. The number of nitrogens with zero attached hydrogens (tertiary/aromatic N) is 1. The third kappa shape index (κ3) is 6.03. The van der Waals surface area contributed by atoms with E-state index >= 15 is 0 Å². The molecule has 1 aromatic rings. The summed E-state index contributed by atoms with van der Waals surface area (Å²) in [5, 5.41) is 14.8. The Labute approximate surface area is 61.1 Å². The van der Waals surface area contributed by atoms with Crippen molar-refractivity contribution in [2.24, 2.45) is 0 Å². The van der Waals surface area contributed by atoms with Gasteiger partial charge < -0.3 is 14.6 Å². The highest BCUT2D eigenvalue weighted by Crippen LogP contribution is 1.72. The van der Waals surface area contributed by atoms with Crippen LogP contribution < -0.4 is 0 Å². The molecule has 0 aliphatic rings. The number of oxazole rings is 1. The maximum absolute atomic E-state index is 9.10. The van der Waals surface area contributed by atoms with Gasteiger partial charge in [0.1, 0.15) is 6.26 Å². The summed E-state index contributed by atoms with van der Waals surface area (Å²) in [6, 6.07) is 0. The second kappa shape index (κ2) is 4.98. The van der Waals surface area contributed by atoms with E-state index in [0.717, 1.165) is 0 Å². The van der Waals surface area contributed by atoms with E-state index in [4.69, 9.17) is 19.8 Å². The Morgan fingerprint density at radius 1 is 1.27 bits per heavy atom. The van der Waals surface area contributed by atoms with Crippen LogP contribution >= 0.6 is 0 Å². The number of aliphatic carboxylic acids is 2. The second-order valence-electron chi connectivity index (χ2n) is 1.29. The summed E-state index contributed by atoms with van der Waals surface area (Å²) < 4.78 is 4.47. The second-order valence-corrected chi connectivity index (χ2v) is 1.29. The van der Waals surface area contributed by atoms with Crippen molar-refractivity contribution < 1.29 is 24.2 Å². The molecular weight excluding hydrogens is 154 g/mol. The van der Waals surface area contributed by atoms with E-state index in [-0.39, 0.29) is 0 Å². The number of rotatable bonds is 0. The van der Waals surface area contributed by atoms with Crippen LogP contribution in [0.25, 0.3) is 0 Å². The van der Waals surface area contributed by atoms with E-state index in [9.17, 15) is 0 Å². The SMILES string of the molecule is O=C(O)C(=O)O.c1cocn1. The van der Waals surface area contributed by atoms with Gasteiger partial charge >= 0.3 is 11.9 Å². The molecule has 6 heteroatoms. The topological polar surface area (TPSA) is 101 Å². The maximum atomic E-state index is 9.10. The van der Waals surface area contributed by atoms with Crippen LogP contribution in [0.3, 0.4) is 0 Å². The molecule has 0 radical (unpaired) electrons. The lowest BCUT2D eigenvalue weighted by Gasteiger charge is -1.72. The molecule has 0 spiro atoms. The predicted molar refractivity (Wildman–Crippen MR) is 31.8 cm³/mol. The molecule has 0 saturated carbocycles. The summed E-state index contributed by atoms with van der Waals surface area (Å²) in [6.07, 6.45) is 4.47. The summed E-state index contributed by atoms with van der Waals surface area (Å²) >= 11 is 0. The molecule has 0 aliphatic carbocycles. The van der Waals surface area contributed by atoms with Gasteiger partial charge in [-0.15, -0.1) is 0 Å². The molecule has 2 N–H and O–H groups in total. The van der Waals surface area contributed by atoms with Crippen molar-refractivity contribution >= 4 is 11.9 Å². The van der Waals surface area contributed by atoms with Crippen molar-refractivity contribution in [1.29, 1.82) is 0 Å². The van der Waals surface area contributed by atoms with Gasteiger partial charge in [0.15, 0.2) is 6.39 Å². The normalized spacial score (nSPS) is 7.64. The van der Waals surface area contributed by atoms with Crippen molar-refractivity contribution in [2.75, 3.05) is 0 Å². The molecule has 0 atom stereocenters. The van der Waals surface area contributed by atoms with Gasteiger partial charge in [0.05, 0.1) is 6.20 Å². The molecule has 0 amide bonds. The lowest BCUT2D eigenvalue weighted by molar-refractivity contribution is -0.159. The fourth-order valence-electron chi connectivity index (χ4n) is 0.176. The first-order valence-corrected chi connectivity index (χ1v) is 2.43. The Kier molecular flexibility index (Phi) is 4.14. The van der Waals surface area contributed by atoms with Crippen LogP contribution in [0.15, 0.2) is 23.3 Å². The highest BCUT2D eigenvalue weighted by atomic mass is 16.4. The number of hydrogen-bond acceptors (Lipinski definition) is 4. The molecule has 1 rings (SSSR count). The smallest absolute Gasteiger partial charge is 0.414 e. The van der Waals surface area contributed by atoms with E-state index in [0.29, 0.717) is 0 Å². The molecule has 6 nitrogen and oxygen atoms in total. The molecule has 0 aliphatic heterocycles. The van der Waals surface area contributed by atoms with Crippen LogP contribution in [-0.2, 0) is 9.59 Å². The molecule has 1 aromatic heterocycles. The molecule has 0 aromatic carbocycles. The summed E-state index contributed by atoms with van der Waals surface area (Å²) in [5.74, 6) is -3.65. The van der Waals surface area contributed by atoms with Crippen LogP contribution in [-0.4, -0.2) is 27.1 Å². The Morgan fingerprint density at radius 2 is 1.82 bits per heavy atom. The first kappa shape index (κ1) is 9.15. The molecule has 60 valence electrons. The minimum Gasteiger partial charge on any atom is -0.473 e. The molecule has 0 fully saturated rings. The summed E-state index contributed by atoms with van der Waals surface area (Å²) in [4.78, 5) is 21.8. The molecule has 0 saturated heterocycles. The zero-order chi connectivity index (χ0) is 8.69. The van der Waals surface area contributed by atoms with Crippen molar-refractivity contribution in [3.63, 3.8) is 0 Å². The fraction of sp³-hybridized carbons (Fsp3) is 0. The lowest BCUT2D eigenvalue weighted by Crippen LogP contribution is -2.09. The van der Waals surface area contributed by atoms with Gasteiger partial charge in [-0.3, -0.25) is 0 Å². The monoisotopic (exact) mass is 159 g/mol. The van der Waals surface area contributed by atoms with E-state index in [1.807, 2.05) is 0 Å². The average molecular weight is 159 g/mol. The minimum absolute atomic E-state index is 1.38. The van der Waals surface area contributed by atoms with Crippen LogP contribution in [0.5, 0.6) is 0 Å². The van der Waals surface area contributed by atoms with E-state index in [1.165, 1.54) is 12.7 Å². The van der Waals surface area contributed by atoms with Crippen LogP contribution in [0.1, 0.15) is 0 Å². The molecule has 1 heterocycles. The third-order valence-corrected chi connectivity index (χ3v) is 0.530. The van der Waals surface area contributed by atoms with Crippen molar-refractivity contribution in [3.05, 3.63) is 18.9 Å². The predicted octanol–water partition coefficient (Wildman–Crippen LogP) is -0.170. The molecule has 0 bridgehead atoms. The van der Waals surface area contributed by atoms with Gasteiger partial charge in [-0.05, 0) is 0 Å². The van der Waals surface area contributed by atoms with Crippen molar-refractivity contribution in [1.82, 2.24) is 4.98 Å². The molecule has 11 heavy (non-hydrogen) atoms. The zero-order valence-corrected chi connectivity index (χ0v) is 5.30. The van der Waals surface area contributed by atoms with Gasteiger partial charge in [-0.2, -0.15) is 0 Å². The Hall–Kier alpha value is -1.85. The molecular formula is C5H5NO5. The number of hydrogen-bond donors (Lipinski definition) is 2. The van der Waals surface area contributed by atoms with Gasteiger partial charge in [0.25, 0.3) is 0 Å². The summed E-state index contributed by atoms with van der Waals surface area (Å²) in [7, 11) is 0. The van der Waals surface area contributed by atoms with Gasteiger partial charge in [-0.25, -0.2) is 14.6 Å². The molecule has 0 unspecified atom stereocenters. The first-order valence-electron chi connectivity index (χ1n) is 2.43. The van der Waals surface area contributed by atoms with E-state index in [1.54, 1.807) is 6.20 Å². The minimum atomic E-state index is -1.82. The first-order chi connectivity index (χ1) is 5.14. The largest absolute Gasteiger partial charge is 0.473 e. The standard InChI is InChI=1S/C3H3NO.C2H2O4/c1-2-5-3-4-1;3-1(4)2(5)6/h1-3H;(H,3,4)(H,5,6). The number of carbonyl (C=O) groups is 2. The van der Waals surface area contributed by atoms with Crippen LogP contribution in [0, 0.1) is 0 Å². The Bertz CT molecular complexity index is 188. The van der Waals surface area contributed by atoms with Gasteiger partial charge in [-0.1, -0.05) is 0 Å². The average Bonchev–Trinajstić information content (AvgIpc) is 2.41. The van der Waals surface area contributed by atoms with Crippen LogP contribution in [0.4, 0.5) is 0 Å². The van der Waals surface area contributed by atoms with Crippen molar-refractivity contribution in [3.8, 4) is 0 Å². The maximum Gasteiger partial charge on any atom is 0.414 e. The number of aromatic nitrogens is 1. The summed E-state index contributed by atoms with van der Waals surface area (Å²) in [6.45, 7) is 0. The van der Waals surface area contributed by atoms with Gasteiger partial charge in [0.2, 0.25) is 0 Å². The van der Waals surface area contributed by atoms with Gasteiger partial charge in [0, 0.05) is 0 Å². The van der Waals surface area contributed by atoms with E-state index < -0.39 is 11.9 Å². The zero-order valence-electron chi connectivity index (χ0n) is 5.30. The number of carboxylic acids is 2. The number of carboxylic acid groups (broad SMARTS) is 2. The summed E-state index contributed by atoms with van der Waals surface area (Å²) in [5.41, 5.74) is 0. The quantitative estimate of drug-likeness (QED) is 0.509. The Balaban J connectivity index is 0.000000183. The highest BCUT2D eigenvalue weighted by molar-refractivity contribution is 6.27. The fourth-order valence-corrected chi connectivity index (χ4v) is 0.176. The lowest BCUT2D eigenvalue weighted by atomic mass is 10.7. The van der Waals surface area contributed by atoms with E-state index in [2.05, 4.69) is 9.40 Å². The van der Waals surface area contributed by atoms with Crippen molar-refractivity contribution in [2.45, 2.75) is 0 Å². The third-order valence-electron chi connectivity index (χ3n) is 0.530. The van der Waals surface area contributed by atoms with Crippen LogP contribution in [0.2, 0.25) is 0 Å². The Morgan fingerprint density at radius 3 is 1.91 bits per heavy atom.